The fraction of sp³-hybridized carbons (Fsp3) is 0.774. The number of benzene rings is 1. The van der Waals surface area contributed by atoms with Crippen molar-refractivity contribution in [2.45, 2.75) is 111 Å². The molecule has 1 aromatic carbocycles. The summed E-state index contributed by atoms with van der Waals surface area (Å²) in [5, 5.41) is 35.3. The second-order valence-electron chi connectivity index (χ2n) is 12.2. The molecule has 3 fully saturated rings. The van der Waals surface area contributed by atoms with Crippen LogP contribution in [0.15, 0.2) is 29.2 Å². The van der Waals surface area contributed by atoms with Gasteiger partial charge >= 0.3 is 0 Å². The summed E-state index contributed by atoms with van der Waals surface area (Å²) in [6.07, 6.45) is 2.49. The number of likely N-dealkylation sites (N-methyl/N-ethyl adjacent to an activating group) is 2. The Hall–Kier alpha value is -0.850. The van der Waals surface area contributed by atoms with Gasteiger partial charge in [-0.25, -0.2) is 0 Å². The zero-order chi connectivity index (χ0) is 29.7. The van der Waals surface area contributed by atoms with Crippen molar-refractivity contribution < 1.29 is 24.9 Å². The molecular formula is C31H51N3O5S2. The van der Waals surface area contributed by atoms with Crippen LogP contribution in [0.3, 0.4) is 0 Å². The van der Waals surface area contributed by atoms with Crippen molar-refractivity contribution >= 4 is 29.4 Å². The normalized spacial score (nSPS) is 34.8. The maximum absolute atomic E-state index is 13.7. The van der Waals surface area contributed by atoms with E-state index in [0.717, 1.165) is 43.8 Å². The third-order valence-corrected chi connectivity index (χ3v) is 11.3. The number of aliphatic hydroxyl groups is 3. The van der Waals surface area contributed by atoms with Gasteiger partial charge in [-0.3, -0.25) is 9.69 Å². The molecule has 4 N–H and O–H groups in total. The molecule has 0 bridgehead atoms. The number of carbonyl (C=O) groups excluding carboxylic acids is 1. The SMILES string of the molecule is CCC[C@@H]1C[C@@H](C(=O)NC([C@H]2O[C@H](SC)[C@H](O)[C@@H](O)[C@H]2O)[C@@H](C)Sc2ccc(C3CCCN(CC)C3)cc2)N(C)C1. The molecule has 3 saturated heterocycles. The summed E-state index contributed by atoms with van der Waals surface area (Å²) in [7, 11) is 2.00. The van der Waals surface area contributed by atoms with Crippen molar-refractivity contribution in [3.8, 4) is 0 Å². The van der Waals surface area contributed by atoms with Crippen molar-refractivity contribution in [3.05, 3.63) is 29.8 Å². The highest BCUT2D eigenvalue weighted by atomic mass is 32.2. The molecular weight excluding hydrogens is 558 g/mol. The van der Waals surface area contributed by atoms with Gasteiger partial charge in [0, 0.05) is 23.2 Å². The Morgan fingerprint density at radius 3 is 2.51 bits per heavy atom. The highest BCUT2D eigenvalue weighted by Crippen LogP contribution is 2.35. The van der Waals surface area contributed by atoms with Crippen LogP contribution in [0.5, 0.6) is 0 Å². The number of nitrogens with one attached hydrogen (secondary N) is 1. The van der Waals surface area contributed by atoms with Gasteiger partial charge in [0.2, 0.25) is 5.91 Å². The summed E-state index contributed by atoms with van der Waals surface area (Å²) in [5.74, 6) is 0.968. The zero-order valence-corrected chi connectivity index (χ0v) is 26.9. The fourth-order valence-electron chi connectivity index (χ4n) is 6.84. The smallest absolute Gasteiger partial charge is 0.237 e. The van der Waals surface area contributed by atoms with E-state index in [1.54, 1.807) is 18.0 Å². The Morgan fingerprint density at radius 2 is 1.85 bits per heavy atom. The maximum Gasteiger partial charge on any atom is 0.237 e. The maximum atomic E-state index is 13.7. The van der Waals surface area contributed by atoms with E-state index in [4.69, 9.17) is 4.74 Å². The summed E-state index contributed by atoms with van der Waals surface area (Å²) in [5.41, 5.74) is 0.664. The molecule has 8 nitrogen and oxygen atoms in total. The Morgan fingerprint density at radius 1 is 1.12 bits per heavy atom. The predicted octanol–water partition coefficient (Wildman–Crippen LogP) is 3.14. The molecule has 1 amide bonds. The third-order valence-electron chi connectivity index (χ3n) is 9.27. The molecule has 0 saturated carbocycles. The van der Waals surface area contributed by atoms with Crippen molar-refractivity contribution in [2.24, 2.45) is 5.92 Å². The highest BCUT2D eigenvalue weighted by Gasteiger charge is 2.49. The average molecular weight is 610 g/mol. The summed E-state index contributed by atoms with van der Waals surface area (Å²) >= 11 is 2.92. The first-order valence-corrected chi connectivity index (χ1v) is 17.6. The van der Waals surface area contributed by atoms with Gasteiger partial charge in [-0.1, -0.05) is 39.3 Å². The highest BCUT2D eigenvalue weighted by molar-refractivity contribution is 8.00. The lowest BCUT2D eigenvalue weighted by Gasteiger charge is -2.44. The van der Waals surface area contributed by atoms with Crippen LogP contribution in [0.4, 0.5) is 0 Å². The van der Waals surface area contributed by atoms with E-state index < -0.39 is 35.9 Å². The van der Waals surface area contributed by atoms with Gasteiger partial charge in [0.15, 0.2) is 0 Å². The number of ether oxygens (including phenoxy) is 1. The molecule has 4 rings (SSSR count). The molecule has 3 aliphatic heterocycles. The van der Waals surface area contributed by atoms with Crippen LogP contribution in [-0.2, 0) is 9.53 Å². The number of likely N-dealkylation sites (tertiary alicyclic amines) is 2. The lowest BCUT2D eigenvalue weighted by Crippen LogP contribution is -2.65. The van der Waals surface area contributed by atoms with E-state index in [0.29, 0.717) is 11.8 Å². The van der Waals surface area contributed by atoms with Gasteiger partial charge in [-0.2, -0.15) is 0 Å². The van der Waals surface area contributed by atoms with Crippen LogP contribution in [0.2, 0.25) is 0 Å². The van der Waals surface area contributed by atoms with E-state index in [9.17, 15) is 20.1 Å². The molecule has 0 spiro atoms. The molecule has 41 heavy (non-hydrogen) atoms. The zero-order valence-electron chi connectivity index (χ0n) is 25.3. The van der Waals surface area contributed by atoms with Crippen LogP contribution >= 0.6 is 23.5 Å². The fourth-order valence-corrected chi connectivity index (χ4v) is 8.61. The van der Waals surface area contributed by atoms with Gasteiger partial charge in [0.25, 0.3) is 0 Å². The molecule has 3 heterocycles. The van der Waals surface area contributed by atoms with E-state index in [-0.39, 0.29) is 17.2 Å². The van der Waals surface area contributed by atoms with Crippen LogP contribution < -0.4 is 5.32 Å². The molecule has 1 aromatic rings. The van der Waals surface area contributed by atoms with Gasteiger partial charge in [0.1, 0.15) is 29.9 Å². The number of rotatable bonds is 11. The predicted molar refractivity (Wildman–Crippen MR) is 167 cm³/mol. The number of hydrogen-bond donors (Lipinski definition) is 4. The van der Waals surface area contributed by atoms with Crippen molar-refractivity contribution in [2.75, 3.05) is 39.5 Å². The molecule has 2 unspecified atom stereocenters. The first-order valence-electron chi connectivity index (χ1n) is 15.4. The van der Waals surface area contributed by atoms with Crippen LogP contribution in [0.1, 0.15) is 64.4 Å². The van der Waals surface area contributed by atoms with Crippen molar-refractivity contribution in [1.29, 1.82) is 0 Å². The average Bonchev–Trinajstić information content (AvgIpc) is 3.35. The van der Waals surface area contributed by atoms with E-state index in [1.165, 1.54) is 36.7 Å². The largest absolute Gasteiger partial charge is 0.388 e. The number of nitrogens with zero attached hydrogens (tertiary/aromatic N) is 2. The molecule has 10 atom stereocenters. The number of hydrogen-bond acceptors (Lipinski definition) is 9. The number of thioether (sulfide) groups is 2. The van der Waals surface area contributed by atoms with E-state index in [1.807, 2.05) is 14.0 Å². The molecule has 232 valence electrons. The molecule has 0 radical (unpaired) electrons. The van der Waals surface area contributed by atoms with E-state index in [2.05, 4.69) is 53.2 Å². The molecule has 0 aliphatic carbocycles. The Balaban J connectivity index is 1.51. The van der Waals surface area contributed by atoms with Crippen LogP contribution in [-0.4, -0.2) is 118 Å². The first kappa shape index (κ1) is 33.1. The summed E-state index contributed by atoms with van der Waals surface area (Å²) in [6, 6.07) is 7.95. The summed E-state index contributed by atoms with van der Waals surface area (Å²) < 4.78 is 6.18. The second kappa shape index (κ2) is 15.2. The second-order valence-corrected chi connectivity index (χ2v) is 14.6. The van der Waals surface area contributed by atoms with Crippen molar-refractivity contribution in [3.63, 3.8) is 0 Å². The molecule has 10 heteroatoms. The van der Waals surface area contributed by atoms with Gasteiger partial charge < -0.3 is 30.3 Å². The van der Waals surface area contributed by atoms with Crippen LogP contribution in [0, 0.1) is 5.92 Å². The Kier molecular flexibility index (Phi) is 12.3. The van der Waals surface area contributed by atoms with Gasteiger partial charge in [0.05, 0.1) is 12.1 Å². The Bertz CT molecular complexity index is 970. The monoisotopic (exact) mass is 609 g/mol. The lowest BCUT2D eigenvalue weighted by atomic mass is 9.91. The molecule has 0 aromatic heterocycles. The quantitative estimate of drug-likeness (QED) is 0.282. The van der Waals surface area contributed by atoms with Crippen LogP contribution in [0.25, 0.3) is 0 Å². The molecule has 3 aliphatic rings. The third kappa shape index (κ3) is 8.01. The summed E-state index contributed by atoms with van der Waals surface area (Å²) in [4.78, 5) is 19.4. The van der Waals surface area contributed by atoms with Gasteiger partial charge in [-0.05, 0) is 81.6 Å². The number of amides is 1. The number of aliphatic hydroxyl groups excluding tert-OH is 3. The Labute approximate surface area is 255 Å². The topological polar surface area (TPSA) is 106 Å². The van der Waals surface area contributed by atoms with E-state index >= 15 is 0 Å². The first-order chi connectivity index (χ1) is 19.7. The summed E-state index contributed by atoms with van der Waals surface area (Å²) in [6.45, 7) is 10.7. The van der Waals surface area contributed by atoms with Crippen molar-refractivity contribution in [1.82, 2.24) is 15.1 Å². The minimum atomic E-state index is -1.36. The standard InChI is InChI=1S/C31H51N3O5S2/c1-6-9-20-16-24(33(4)17-20)30(38)32-25(29-27(36)26(35)28(37)31(39-29)40-5)19(3)41-23-13-11-21(12-14-23)22-10-8-15-34(7-2)18-22/h11-14,19-20,22,24-29,31,35-37H,6-10,15-18H2,1-5H3,(H,32,38)/t19-,20-,22?,24+,25?,26+,27-,28-,29-,31-/m1/s1. The number of piperidine rings is 1. The van der Waals surface area contributed by atoms with Gasteiger partial charge in [-0.15, -0.1) is 23.5 Å². The minimum absolute atomic E-state index is 0.0752. The minimum Gasteiger partial charge on any atom is -0.388 e. The lowest BCUT2D eigenvalue weighted by molar-refractivity contribution is -0.205. The number of carbonyl (C=O) groups is 1.